The van der Waals surface area contributed by atoms with Crippen LogP contribution in [0.1, 0.15) is 37.0 Å². The lowest BCUT2D eigenvalue weighted by Gasteiger charge is -2.31. The molecule has 88 valence electrons. The summed E-state index contributed by atoms with van der Waals surface area (Å²) in [6.07, 6.45) is 3.64. The highest BCUT2D eigenvalue weighted by atomic mass is 16.2. The zero-order valence-electron chi connectivity index (χ0n) is 10.0. The minimum absolute atomic E-state index is 0.00639. The Bertz CT molecular complexity index is 422. The van der Waals surface area contributed by atoms with Crippen LogP contribution < -0.4 is 5.73 Å². The van der Waals surface area contributed by atoms with Crippen LogP contribution >= 0.6 is 0 Å². The maximum atomic E-state index is 12.3. The Kier molecular flexibility index (Phi) is 2.40. The van der Waals surface area contributed by atoms with Crippen molar-refractivity contribution in [2.75, 3.05) is 12.3 Å². The SMILES string of the molecule is Cn1ncc(C(=O)N2CCCC2(C)C)c1N. The van der Waals surface area contributed by atoms with E-state index in [1.54, 1.807) is 13.2 Å². The Hall–Kier alpha value is -1.52. The molecule has 1 aromatic heterocycles. The number of aromatic nitrogens is 2. The van der Waals surface area contributed by atoms with Crippen molar-refractivity contribution in [2.45, 2.75) is 32.2 Å². The van der Waals surface area contributed by atoms with Gasteiger partial charge >= 0.3 is 0 Å². The van der Waals surface area contributed by atoms with E-state index >= 15 is 0 Å². The van der Waals surface area contributed by atoms with Gasteiger partial charge in [-0.25, -0.2) is 0 Å². The minimum Gasteiger partial charge on any atom is -0.383 e. The van der Waals surface area contributed by atoms with Crippen LogP contribution in [0.15, 0.2) is 6.20 Å². The Morgan fingerprint density at radius 1 is 1.56 bits per heavy atom. The van der Waals surface area contributed by atoms with E-state index in [9.17, 15) is 4.79 Å². The van der Waals surface area contributed by atoms with Crippen molar-refractivity contribution < 1.29 is 4.79 Å². The van der Waals surface area contributed by atoms with Crippen LogP contribution in [-0.4, -0.2) is 32.7 Å². The molecular weight excluding hydrogens is 204 g/mol. The molecule has 16 heavy (non-hydrogen) atoms. The fourth-order valence-electron chi connectivity index (χ4n) is 2.24. The molecule has 0 saturated carbocycles. The molecule has 1 aromatic rings. The largest absolute Gasteiger partial charge is 0.383 e. The van der Waals surface area contributed by atoms with Gasteiger partial charge in [0.15, 0.2) is 0 Å². The average molecular weight is 222 g/mol. The van der Waals surface area contributed by atoms with Crippen LogP contribution in [0.5, 0.6) is 0 Å². The number of hydrogen-bond donors (Lipinski definition) is 1. The molecule has 2 N–H and O–H groups in total. The molecule has 0 spiro atoms. The first-order valence-corrected chi connectivity index (χ1v) is 5.53. The Morgan fingerprint density at radius 3 is 2.69 bits per heavy atom. The number of anilines is 1. The molecule has 0 aromatic carbocycles. The predicted molar refractivity (Wildman–Crippen MR) is 62.0 cm³/mol. The molecule has 0 unspecified atom stereocenters. The van der Waals surface area contributed by atoms with E-state index in [4.69, 9.17) is 5.73 Å². The Balaban J connectivity index is 2.29. The lowest BCUT2D eigenvalue weighted by molar-refractivity contribution is 0.0653. The van der Waals surface area contributed by atoms with Gasteiger partial charge < -0.3 is 10.6 Å². The number of nitrogen functional groups attached to an aromatic ring is 1. The number of rotatable bonds is 1. The number of carbonyl (C=O) groups excluding carboxylic acids is 1. The van der Waals surface area contributed by atoms with E-state index in [1.165, 1.54) is 4.68 Å². The highest BCUT2D eigenvalue weighted by Gasteiger charge is 2.36. The number of nitrogens with zero attached hydrogens (tertiary/aromatic N) is 3. The Morgan fingerprint density at radius 2 is 2.25 bits per heavy atom. The fraction of sp³-hybridized carbons (Fsp3) is 0.636. The van der Waals surface area contributed by atoms with Crippen LogP contribution in [0.4, 0.5) is 5.82 Å². The molecule has 1 fully saturated rings. The topological polar surface area (TPSA) is 64.2 Å². The van der Waals surface area contributed by atoms with Gasteiger partial charge in [0, 0.05) is 19.1 Å². The molecule has 1 saturated heterocycles. The number of nitrogens with two attached hydrogens (primary N) is 1. The standard InChI is InChI=1S/C11H18N4O/c1-11(2)5-4-6-15(11)10(16)8-7-13-14(3)9(8)12/h7H,4-6,12H2,1-3H3. The van der Waals surface area contributed by atoms with E-state index < -0.39 is 0 Å². The monoisotopic (exact) mass is 222 g/mol. The molecule has 1 aliphatic heterocycles. The Labute approximate surface area is 95.2 Å². The molecule has 0 bridgehead atoms. The van der Waals surface area contributed by atoms with Gasteiger partial charge in [0.2, 0.25) is 0 Å². The van der Waals surface area contributed by atoms with Gasteiger partial charge in [0.1, 0.15) is 11.4 Å². The maximum absolute atomic E-state index is 12.3. The van der Waals surface area contributed by atoms with Crippen molar-refractivity contribution in [1.29, 1.82) is 0 Å². The zero-order valence-corrected chi connectivity index (χ0v) is 10.0. The van der Waals surface area contributed by atoms with Crippen LogP contribution in [0, 0.1) is 0 Å². The van der Waals surface area contributed by atoms with Crippen LogP contribution in [0.25, 0.3) is 0 Å². The maximum Gasteiger partial charge on any atom is 0.259 e. The molecule has 2 heterocycles. The van der Waals surface area contributed by atoms with Crippen LogP contribution in [0.3, 0.4) is 0 Å². The molecule has 0 radical (unpaired) electrons. The van der Waals surface area contributed by atoms with Gasteiger partial charge in [-0.2, -0.15) is 5.10 Å². The summed E-state index contributed by atoms with van der Waals surface area (Å²) in [5.74, 6) is 0.431. The number of amides is 1. The van der Waals surface area contributed by atoms with Crippen molar-refractivity contribution in [3.05, 3.63) is 11.8 Å². The summed E-state index contributed by atoms with van der Waals surface area (Å²) >= 11 is 0. The summed E-state index contributed by atoms with van der Waals surface area (Å²) in [4.78, 5) is 14.2. The molecule has 1 amide bonds. The van der Waals surface area contributed by atoms with E-state index in [2.05, 4.69) is 18.9 Å². The average Bonchev–Trinajstić information content (AvgIpc) is 2.71. The summed E-state index contributed by atoms with van der Waals surface area (Å²) in [5, 5.41) is 4.00. The molecule has 0 atom stereocenters. The fourth-order valence-corrected chi connectivity index (χ4v) is 2.24. The second-order valence-corrected chi connectivity index (χ2v) is 4.94. The third kappa shape index (κ3) is 1.56. The smallest absolute Gasteiger partial charge is 0.259 e. The second-order valence-electron chi connectivity index (χ2n) is 4.94. The molecule has 5 nitrogen and oxygen atoms in total. The van der Waals surface area contributed by atoms with Crippen LogP contribution in [-0.2, 0) is 7.05 Å². The van der Waals surface area contributed by atoms with Gasteiger partial charge in [0.05, 0.1) is 6.20 Å². The van der Waals surface area contributed by atoms with Gasteiger partial charge in [-0.05, 0) is 26.7 Å². The number of carbonyl (C=O) groups is 1. The number of likely N-dealkylation sites (tertiary alicyclic amines) is 1. The number of hydrogen-bond acceptors (Lipinski definition) is 3. The lowest BCUT2D eigenvalue weighted by Crippen LogP contribution is -2.42. The summed E-state index contributed by atoms with van der Waals surface area (Å²) in [6, 6.07) is 0. The van der Waals surface area contributed by atoms with Crippen molar-refractivity contribution in [3.8, 4) is 0 Å². The van der Waals surface area contributed by atoms with Crippen molar-refractivity contribution in [2.24, 2.45) is 7.05 Å². The molecule has 5 heteroatoms. The third-order valence-electron chi connectivity index (χ3n) is 3.36. The van der Waals surface area contributed by atoms with Crippen molar-refractivity contribution in [3.63, 3.8) is 0 Å². The molecule has 0 aliphatic carbocycles. The van der Waals surface area contributed by atoms with E-state index in [0.717, 1.165) is 19.4 Å². The third-order valence-corrected chi connectivity index (χ3v) is 3.36. The predicted octanol–water partition coefficient (Wildman–Crippen LogP) is 1.02. The van der Waals surface area contributed by atoms with Gasteiger partial charge in [0.25, 0.3) is 5.91 Å². The first-order chi connectivity index (χ1) is 7.43. The highest BCUT2D eigenvalue weighted by molar-refractivity contribution is 5.98. The zero-order chi connectivity index (χ0) is 11.9. The van der Waals surface area contributed by atoms with Gasteiger partial charge in [-0.3, -0.25) is 9.48 Å². The van der Waals surface area contributed by atoms with Crippen molar-refractivity contribution >= 4 is 11.7 Å². The van der Waals surface area contributed by atoms with E-state index in [0.29, 0.717) is 11.4 Å². The normalized spacial score (nSPS) is 19.1. The summed E-state index contributed by atoms with van der Waals surface area (Å²) < 4.78 is 1.52. The number of aryl methyl sites for hydroxylation is 1. The van der Waals surface area contributed by atoms with Crippen LogP contribution in [0.2, 0.25) is 0 Å². The molecule has 2 rings (SSSR count). The summed E-state index contributed by atoms with van der Waals surface area (Å²) in [5.41, 5.74) is 6.25. The van der Waals surface area contributed by atoms with E-state index in [-0.39, 0.29) is 11.4 Å². The quantitative estimate of drug-likeness (QED) is 0.771. The van der Waals surface area contributed by atoms with Crippen molar-refractivity contribution in [1.82, 2.24) is 14.7 Å². The first-order valence-electron chi connectivity index (χ1n) is 5.53. The first kappa shape index (κ1) is 11.0. The van der Waals surface area contributed by atoms with Gasteiger partial charge in [-0.1, -0.05) is 0 Å². The van der Waals surface area contributed by atoms with E-state index in [1.807, 2.05) is 4.90 Å². The lowest BCUT2D eigenvalue weighted by atomic mass is 10.0. The minimum atomic E-state index is -0.0701. The molecular formula is C11H18N4O. The second kappa shape index (κ2) is 3.50. The summed E-state index contributed by atoms with van der Waals surface area (Å²) in [6.45, 7) is 4.98. The molecule has 1 aliphatic rings. The summed E-state index contributed by atoms with van der Waals surface area (Å²) in [7, 11) is 1.74. The highest BCUT2D eigenvalue weighted by Crippen LogP contribution is 2.30. The van der Waals surface area contributed by atoms with Gasteiger partial charge in [-0.15, -0.1) is 0 Å².